The lowest BCUT2D eigenvalue weighted by molar-refractivity contribution is -0.123. The topological polar surface area (TPSA) is 69.6 Å². The summed E-state index contributed by atoms with van der Waals surface area (Å²) in [5.74, 6) is -0.0686. The van der Waals surface area contributed by atoms with Gasteiger partial charge in [-0.3, -0.25) is 4.79 Å². The molecule has 0 aliphatic heterocycles. The fraction of sp³-hybridized carbons (Fsp3) is 0.838. The fourth-order valence-electron chi connectivity index (χ4n) is 10.0. The molecule has 0 aliphatic carbocycles. The van der Waals surface area contributed by atoms with Gasteiger partial charge in [-0.2, -0.15) is 0 Å². The Morgan fingerprint density at radius 3 is 0.903 bits per heavy atom. The highest BCUT2D eigenvalue weighted by molar-refractivity contribution is 5.76. The van der Waals surface area contributed by atoms with Gasteiger partial charge in [0.2, 0.25) is 5.91 Å². The number of aliphatic hydroxyl groups excluding tert-OH is 2. The van der Waals surface area contributed by atoms with Crippen LogP contribution in [-0.4, -0.2) is 34.9 Å². The van der Waals surface area contributed by atoms with Gasteiger partial charge < -0.3 is 15.5 Å². The van der Waals surface area contributed by atoms with Gasteiger partial charge in [-0.1, -0.05) is 331 Å². The maximum Gasteiger partial charge on any atom is 0.220 e. The van der Waals surface area contributed by atoms with Gasteiger partial charge in [0.25, 0.3) is 0 Å². The Kier molecular flexibility index (Phi) is 61.7. The zero-order valence-corrected chi connectivity index (χ0v) is 48.7. The van der Waals surface area contributed by atoms with Crippen LogP contribution in [0.4, 0.5) is 0 Å². The maximum absolute atomic E-state index is 12.5. The van der Waals surface area contributed by atoms with Gasteiger partial charge in [0, 0.05) is 6.42 Å². The third kappa shape index (κ3) is 59.0. The molecule has 2 atom stereocenters. The van der Waals surface area contributed by atoms with Crippen molar-refractivity contribution in [1.82, 2.24) is 5.32 Å². The average Bonchev–Trinajstić information content (AvgIpc) is 3.39. The molecule has 4 heteroatoms. The quantitative estimate of drug-likeness (QED) is 0.0420. The number of unbranched alkanes of at least 4 members (excludes halogenated alkanes) is 45. The van der Waals surface area contributed by atoms with Crippen molar-refractivity contribution in [3.05, 3.63) is 60.8 Å². The number of nitrogens with one attached hydrogen (secondary N) is 1. The van der Waals surface area contributed by atoms with Crippen molar-refractivity contribution in [2.45, 2.75) is 360 Å². The highest BCUT2D eigenvalue weighted by Crippen LogP contribution is 2.18. The minimum Gasteiger partial charge on any atom is -0.394 e. The second-order valence-corrected chi connectivity index (χ2v) is 22.2. The molecular formula is C68H127NO3. The third-order valence-electron chi connectivity index (χ3n) is 15.0. The molecule has 0 aromatic heterocycles. The van der Waals surface area contributed by atoms with Crippen LogP contribution in [0.3, 0.4) is 0 Å². The van der Waals surface area contributed by atoms with Crippen molar-refractivity contribution < 1.29 is 15.0 Å². The van der Waals surface area contributed by atoms with Gasteiger partial charge in [-0.15, -0.1) is 0 Å². The predicted octanol–water partition coefficient (Wildman–Crippen LogP) is 21.9. The summed E-state index contributed by atoms with van der Waals surface area (Å²) in [6.07, 6.45) is 90.0. The van der Waals surface area contributed by atoms with Crippen LogP contribution >= 0.6 is 0 Å². The number of carbonyl (C=O) groups is 1. The van der Waals surface area contributed by atoms with E-state index in [9.17, 15) is 15.0 Å². The molecule has 4 nitrogen and oxygen atoms in total. The molecule has 0 radical (unpaired) electrons. The SMILES string of the molecule is CCCCCCC/C=C\C/C=C\C/C=C\CCCCCCCCCCCCCCCCCCCCCCC(=O)NC(CO)C(O)/C=C/CC/C=C/CCCCCCCCCCCCCCCCCCCCC. The Hall–Kier alpha value is -1.91. The largest absolute Gasteiger partial charge is 0.394 e. The van der Waals surface area contributed by atoms with Gasteiger partial charge in [0.15, 0.2) is 0 Å². The van der Waals surface area contributed by atoms with E-state index in [1.807, 2.05) is 6.08 Å². The van der Waals surface area contributed by atoms with E-state index in [-0.39, 0.29) is 12.5 Å². The zero-order valence-electron chi connectivity index (χ0n) is 48.7. The first-order chi connectivity index (χ1) is 35.7. The van der Waals surface area contributed by atoms with Crippen LogP contribution in [0.25, 0.3) is 0 Å². The Balaban J connectivity index is 3.47. The van der Waals surface area contributed by atoms with E-state index in [2.05, 4.69) is 67.8 Å². The van der Waals surface area contributed by atoms with Crippen LogP contribution in [-0.2, 0) is 4.79 Å². The minimum atomic E-state index is -0.864. The Labute approximate surface area is 451 Å². The van der Waals surface area contributed by atoms with Crippen molar-refractivity contribution in [3.8, 4) is 0 Å². The second-order valence-electron chi connectivity index (χ2n) is 22.2. The van der Waals surface area contributed by atoms with Crippen LogP contribution in [0.15, 0.2) is 60.8 Å². The summed E-state index contributed by atoms with van der Waals surface area (Å²) in [5, 5.41) is 23.2. The first-order valence-electron chi connectivity index (χ1n) is 32.5. The van der Waals surface area contributed by atoms with Crippen molar-refractivity contribution >= 4 is 5.91 Å². The summed E-state index contributed by atoms with van der Waals surface area (Å²) in [6.45, 7) is 4.32. The van der Waals surface area contributed by atoms with E-state index in [1.54, 1.807) is 6.08 Å². The highest BCUT2D eigenvalue weighted by Gasteiger charge is 2.18. The molecule has 0 saturated heterocycles. The molecule has 0 aromatic carbocycles. The Bertz CT molecular complexity index is 1190. The number of aliphatic hydroxyl groups is 2. The molecule has 2 unspecified atom stereocenters. The average molecular weight is 1010 g/mol. The molecule has 0 bridgehead atoms. The van der Waals surface area contributed by atoms with Gasteiger partial charge in [-0.25, -0.2) is 0 Å². The molecule has 422 valence electrons. The first-order valence-corrected chi connectivity index (χ1v) is 32.5. The van der Waals surface area contributed by atoms with E-state index < -0.39 is 12.1 Å². The van der Waals surface area contributed by atoms with Crippen LogP contribution in [0.1, 0.15) is 348 Å². The summed E-state index contributed by atoms with van der Waals surface area (Å²) in [6, 6.07) is -0.641. The van der Waals surface area contributed by atoms with Crippen molar-refractivity contribution in [3.63, 3.8) is 0 Å². The van der Waals surface area contributed by atoms with Crippen LogP contribution in [0, 0.1) is 0 Å². The number of carbonyl (C=O) groups excluding carboxylic acids is 1. The lowest BCUT2D eigenvalue weighted by Crippen LogP contribution is -2.45. The molecule has 0 rings (SSSR count). The van der Waals surface area contributed by atoms with E-state index in [0.717, 1.165) is 44.9 Å². The number of amides is 1. The summed E-state index contributed by atoms with van der Waals surface area (Å²) in [7, 11) is 0. The number of allylic oxidation sites excluding steroid dienone is 9. The number of hydrogen-bond acceptors (Lipinski definition) is 3. The van der Waals surface area contributed by atoms with Gasteiger partial charge in [0.1, 0.15) is 0 Å². The summed E-state index contributed by atoms with van der Waals surface area (Å²) in [5.41, 5.74) is 0. The maximum atomic E-state index is 12.5. The Morgan fingerprint density at radius 2 is 0.583 bits per heavy atom. The number of hydrogen-bond donors (Lipinski definition) is 3. The highest BCUT2D eigenvalue weighted by atomic mass is 16.3. The third-order valence-corrected chi connectivity index (χ3v) is 15.0. The van der Waals surface area contributed by atoms with Crippen LogP contribution in [0.5, 0.6) is 0 Å². The van der Waals surface area contributed by atoms with Crippen LogP contribution < -0.4 is 5.32 Å². The van der Waals surface area contributed by atoms with E-state index in [0.29, 0.717) is 6.42 Å². The molecule has 0 spiro atoms. The van der Waals surface area contributed by atoms with Gasteiger partial charge in [0.05, 0.1) is 18.8 Å². The smallest absolute Gasteiger partial charge is 0.220 e. The van der Waals surface area contributed by atoms with Crippen molar-refractivity contribution in [2.75, 3.05) is 6.61 Å². The minimum absolute atomic E-state index is 0.0686. The Morgan fingerprint density at radius 1 is 0.333 bits per heavy atom. The van der Waals surface area contributed by atoms with Gasteiger partial charge in [-0.05, 0) is 70.6 Å². The van der Waals surface area contributed by atoms with Crippen molar-refractivity contribution in [2.24, 2.45) is 0 Å². The van der Waals surface area contributed by atoms with Crippen molar-refractivity contribution in [1.29, 1.82) is 0 Å². The molecular weight excluding hydrogens is 879 g/mol. The molecule has 0 fully saturated rings. The van der Waals surface area contributed by atoms with E-state index in [1.165, 1.54) is 283 Å². The van der Waals surface area contributed by atoms with E-state index in [4.69, 9.17) is 0 Å². The second kappa shape index (κ2) is 63.4. The number of rotatable bonds is 60. The lowest BCUT2D eigenvalue weighted by Gasteiger charge is -2.19. The summed E-state index contributed by atoms with van der Waals surface area (Å²) >= 11 is 0. The summed E-state index contributed by atoms with van der Waals surface area (Å²) in [4.78, 5) is 12.5. The zero-order chi connectivity index (χ0) is 52.0. The van der Waals surface area contributed by atoms with E-state index >= 15 is 0 Å². The standard InChI is InChI=1S/C68H127NO3/c1-3-5-7-9-11-13-15-17-19-21-23-25-27-29-30-31-32-33-34-35-36-37-38-40-42-44-46-48-50-52-54-56-58-60-62-64-68(72)69-66(65-70)67(71)63-61-59-57-55-53-51-49-47-45-43-41-39-28-26-24-22-20-18-16-14-12-10-8-6-4-2/h15,17,21,23,27,29,53,55,61,63,66-67,70-71H,3-14,16,18-20,22,24-26,28,30-52,54,56-60,62,64-65H2,1-2H3,(H,69,72)/b17-15-,23-21-,29-27-,55-53+,63-61+. The summed E-state index contributed by atoms with van der Waals surface area (Å²) < 4.78 is 0. The molecule has 0 aromatic rings. The van der Waals surface area contributed by atoms with Gasteiger partial charge >= 0.3 is 0 Å². The monoisotopic (exact) mass is 1010 g/mol. The first kappa shape index (κ1) is 70.1. The molecule has 0 aliphatic rings. The van der Waals surface area contributed by atoms with Crippen LogP contribution in [0.2, 0.25) is 0 Å². The molecule has 0 heterocycles. The molecule has 1 amide bonds. The molecule has 72 heavy (non-hydrogen) atoms. The lowest BCUT2D eigenvalue weighted by atomic mass is 10.0. The molecule has 0 saturated carbocycles. The fourth-order valence-corrected chi connectivity index (χ4v) is 10.0. The normalized spacial score (nSPS) is 13.1. The molecule has 3 N–H and O–H groups in total. The predicted molar refractivity (Wildman–Crippen MR) is 322 cm³/mol.